The van der Waals surface area contributed by atoms with Gasteiger partial charge in [0.1, 0.15) is 12.4 Å². The quantitative estimate of drug-likeness (QED) is 0.390. The molecule has 1 heterocycles. The number of aliphatic hydroxyl groups is 1. The fourth-order valence-electron chi connectivity index (χ4n) is 4.11. The predicted molar refractivity (Wildman–Crippen MR) is 127 cm³/mol. The Hall–Kier alpha value is -3.50. The van der Waals surface area contributed by atoms with Gasteiger partial charge in [0, 0.05) is 17.5 Å². The number of benzene rings is 2. The molecule has 35 heavy (non-hydrogen) atoms. The lowest BCUT2D eigenvalue weighted by Crippen LogP contribution is -2.50. The Bertz CT molecular complexity index is 1280. The largest absolute Gasteiger partial charge is 0.394 e. The van der Waals surface area contributed by atoms with Gasteiger partial charge in [-0.1, -0.05) is 41.9 Å². The average molecular weight is 502 g/mol. The summed E-state index contributed by atoms with van der Waals surface area (Å²) in [6, 6.07) is 10.8. The average Bonchev–Trinajstić information content (AvgIpc) is 3.61. The summed E-state index contributed by atoms with van der Waals surface area (Å²) < 4.78 is 15.5. The van der Waals surface area contributed by atoms with Gasteiger partial charge in [-0.2, -0.15) is 5.10 Å². The number of carbonyl (C=O) groups is 3. The van der Waals surface area contributed by atoms with Crippen molar-refractivity contribution in [3.63, 3.8) is 0 Å². The van der Waals surface area contributed by atoms with Crippen molar-refractivity contribution in [3.8, 4) is 0 Å². The highest BCUT2D eigenvalue weighted by molar-refractivity contribution is 6.30. The maximum absolute atomic E-state index is 14.1. The summed E-state index contributed by atoms with van der Waals surface area (Å²) in [6.45, 7) is -0.997. The molecule has 184 valence electrons. The van der Waals surface area contributed by atoms with Crippen LogP contribution in [-0.2, 0) is 22.7 Å². The van der Waals surface area contributed by atoms with Gasteiger partial charge in [-0.3, -0.25) is 19.1 Å². The van der Waals surface area contributed by atoms with E-state index in [9.17, 15) is 23.9 Å². The van der Waals surface area contributed by atoms with Gasteiger partial charge in [0.05, 0.1) is 29.7 Å². The van der Waals surface area contributed by atoms with Crippen LogP contribution in [0.2, 0.25) is 5.02 Å². The third kappa shape index (κ3) is 5.44. The monoisotopic (exact) mass is 501 g/mol. The Balaban J connectivity index is 1.52. The van der Waals surface area contributed by atoms with Crippen LogP contribution in [-0.4, -0.2) is 56.7 Å². The summed E-state index contributed by atoms with van der Waals surface area (Å²) in [5.41, 5.74) is 6.24. The normalized spacial score (nSPS) is 14.0. The van der Waals surface area contributed by atoms with Crippen molar-refractivity contribution in [2.75, 3.05) is 13.2 Å². The number of aromatic nitrogens is 2. The van der Waals surface area contributed by atoms with Gasteiger partial charge >= 0.3 is 0 Å². The molecular weight excluding hydrogens is 477 g/mol. The smallest absolute Gasteiger partial charge is 0.269 e. The number of hydrogen-bond donors (Lipinski definition) is 3. The summed E-state index contributed by atoms with van der Waals surface area (Å²) in [7, 11) is 0. The lowest BCUT2D eigenvalue weighted by molar-refractivity contribution is -0.140. The highest BCUT2D eigenvalue weighted by Crippen LogP contribution is 2.35. The Morgan fingerprint density at radius 2 is 1.97 bits per heavy atom. The van der Waals surface area contributed by atoms with Crippen LogP contribution >= 0.6 is 11.6 Å². The molecule has 1 aliphatic carbocycles. The van der Waals surface area contributed by atoms with E-state index in [0.29, 0.717) is 10.9 Å². The van der Waals surface area contributed by atoms with Gasteiger partial charge in [0.25, 0.3) is 5.91 Å². The molecule has 3 aromatic rings. The minimum atomic E-state index is -0.719. The van der Waals surface area contributed by atoms with Crippen molar-refractivity contribution in [3.05, 3.63) is 64.6 Å². The first kappa shape index (κ1) is 24.6. The SMILES string of the molecule is NC(=O)c1nn(CC(=O)N(CC(=O)NCc2cccc(Cl)c2F)C(CO)C2CC2)c2ccccc12. The molecule has 0 bridgehead atoms. The van der Waals surface area contributed by atoms with Gasteiger partial charge in [0.15, 0.2) is 5.69 Å². The maximum Gasteiger partial charge on any atom is 0.269 e. The predicted octanol–water partition coefficient (Wildman–Crippen LogP) is 1.84. The molecule has 4 rings (SSSR count). The molecule has 0 aliphatic heterocycles. The molecule has 2 aromatic carbocycles. The molecule has 1 atom stereocenters. The molecule has 0 spiro atoms. The summed E-state index contributed by atoms with van der Waals surface area (Å²) in [4.78, 5) is 39.2. The van der Waals surface area contributed by atoms with Crippen LogP contribution in [0.1, 0.15) is 28.9 Å². The molecule has 4 N–H and O–H groups in total. The lowest BCUT2D eigenvalue weighted by atomic mass is 10.1. The van der Waals surface area contributed by atoms with Crippen molar-refractivity contribution in [2.24, 2.45) is 11.7 Å². The van der Waals surface area contributed by atoms with Crippen LogP contribution in [0.3, 0.4) is 0 Å². The fourth-order valence-corrected chi connectivity index (χ4v) is 4.31. The molecule has 1 fully saturated rings. The number of amides is 3. The summed E-state index contributed by atoms with van der Waals surface area (Å²) in [5.74, 6) is -2.23. The molecule has 1 saturated carbocycles. The number of rotatable bonds is 10. The molecular formula is C24H25ClFN5O4. The third-order valence-corrected chi connectivity index (χ3v) is 6.36. The molecule has 0 radical (unpaired) electrons. The zero-order chi connectivity index (χ0) is 25.1. The Kier molecular flexibility index (Phi) is 7.32. The number of primary amides is 1. The van der Waals surface area contributed by atoms with Crippen molar-refractivity contribution in [2.45, 2.75) is 32.0 Å². The van der Waals surface area contributed by atoms with Gasteiger partial charge in [0.2, 0.25) is 11.8 Å². The maximum atomic E-state index is 14.1. The van der Waals surface area contributed by atoms with Gasteiger partial charge < -0.3 is 21.1 Å². The second kappa shape index (κ2) is 10.4. The van der Waals surface area contributed by atoms with E-state index in [0.717, 1.165) is 12.8 Å². The van der Waals surface area contributed by atoms with E-state index in [-0.39, 0.29) is 48.4 Å². The molecule has 9 nitrogen and oxygen atoms in total. The van der Waals surface area contributed by atoms with Crippen LogP contribution < -0.4 is 11.1 Å². The van der Waals surface area contributed by atoms with E-state index in [1.54, 1.807) is 30.3 Å². The summed E-state index contributed by atoms with van der Waals surface area (Å²) in [5, 5.41) is 17.3. The van der Waals surface area contributed by atoms with Crippen LogP contribution in [0.15, 0.2) is 42.5 Å². The summed E-state index contributed by atoms with van der Waals surface area (Å²) >= 11 is 5.79. The Morgan fingerprint density at radius 1 is 1.23 bits per heavy atom. The van der Waals surface area contributed by atoms with Crippen molar-refractivity contribution < 1.29 is 23.9 Å². The number of halogens is 2. The number of nitrogens with zero attached hydrogens (tertiary/aromatic N) is 3. The molecule has 1 aliphatic rings. The van der Waals surface area contributed by atoms with Crippen LogP contribution in [0.5, 0.6) is 0 Å². The number of nitrogens with one attached hydrogen (secondary N) is 1. The highest BCUT2D eigenvalue weighted by Gasteiger charge is 2.38. The van der Waals surface area contributed by atoms with E-state index in [1.807, 2.05) is 0 Å². The van der Waals surface area contributed by atoms with Crippen molar-refractivity contribution in [1.29, 1.82) is 0 Å². The number of aliphatic hydroxyl groups excluding tert-OH is 1. The standard InChI is InChI=1S/C24H25ClFN5O4/c25-17-6-3-4-15(22(17)26)10-28-20(33)11-30(19(13-32)14-8-9-14)21(34)12-31-18-7-2-1-5-16(18)23(29-31)24(27)35/h1-7,14,19,32H,8-13H2,(H2,27,35)(H,28,33). The number of para-hydroxylation sites is 1. The van der Waals surface area contributed by atoms with E-state index in [4.69, 9.17) is 17.3 Å². The molecule has 11 heteroatoms. The number of hydrogen-bond acceptors (Lipinski definition) is 5. The molecule has 0 saturated heterocycles. The summed E-state index contributed by atoms with van der Waals surface area (Å²) in [6.07, 6.45) is 1.67. The molecule has 1 unspecified atom stereocenters. The van der Waals surface area contributed by atoms with Crippen LogP contribution in [0, 0.1) is 11.7 Å². The van der Waals surface area contributed by atoms with E-state index in [2.05, 4.69) is 10.4 Å². The molecule has 1 aromatic heterocycles. The second-order valence-electron chi connectivity index (χ2n) is 8.49. The zero-order valence-corrected chi connectivity index (χ0v) is 19.5. The Labute approximate surface area is 205 Å². The van der Waals surface area contributed by atoms with E-state index < -0.39 is 29.6 Å². The lowest BCUT2D eigenvalue weighted by Gasteiger charge is -2.30. The first-order chi connectivity index (χ1) is 16.8. The topological polar surface area (TPSA) is 131 Å². The molecule has 3 amide bonds. The van der Waals surface area contributed by atoms with Gasteiger partial charge in [-0.15, -0.1) is 0 Å². The van der Waals surface area contributed by atoms with Crippen molar-refractivity contribution >= 4 is 40.2 Å². The number of carbonyl (C=O) groups excluding carboxylic acids is 3. The minimum absolute atomic E-state index is 0.0437. The minimum Gasteiger partial charge on any atom is -0.394 e. The number of nitrogens with two attached hydrogens (primary N) is 1. The first-order valence-electron chi connectivity index (χ1n) is 11.2. The van der Waals surface area contributed by atoms with E-state index >= 15 is 0 Å². The Morgan fingerprint density at radius 3 is 2.66 bits per heavy atom. The third-order valence-electron chi connectivity index (χ3n) is 6.07. The van der Waals surface area contributed by atoms with E-state index in [1.165, 1.54) is 21.7 Å². The van der Waals surface area contributed by atoms with Gasteiger partial charge in [-0.05, 0) is 30.9 Å². The first-order valence-corrected chi connectivity index (χ1v) is 11.5. The number of fused-ring (bicyclic) bond motifs is 1. The highest BCUT2D eigenvalue weighted by atomic mass is 35.5. The second-order valence-corrected chi connectivity index (χ2v) is 8.89. The van der Waals surface area contributed by atoms with Gasteiger partial charge in [-0.25, -0.2) is 4.39 Å². The van der Waals surface area contributed by atoms with Crippen LogP contribution in [0.25, 0.3) is 10.9 Å². The van der Waals surface area contributed by atoms with Crippen LogP contribution in [0.4, 0.5) is 4.39 Å². The zero-order valence-electron chi connectivity index (χ0n) is 18.8. The fraction of sp³-hybridized carbons (Fsp3) is 0.333. The van der Waals surface area contributed by atoms with Crippen molar-refractivity contribution in [1.82, 2.24) is 20.0 Å².